The van der Waals surface area contributed by atoms with Crippen molar-refractivity contribution in [2.24, 2.45) is 0 Å². The summed E-state index contributed by atoms with van der Waals surface area (Å²) in [7, 11) is -36.2. The van der Waals surface area contributed by atoms with Crippen LogP contribution in [0.25, 0.3) is 0 Å². The Hall–Kier alpha value is 2.78. The summed E-state index contributed by atoms with van der Waals surface area (Å²) in [4.78, 5) is 0. The number of hydrogen-bond donors (Lipinski definition) is 0. The normalized spacial score (nSPS) is 10.4. The van der Waals surface area contributed by atoms with Crippen molar-refractivity contribution >= 4 is 148 Å². The van der Waals surface area contributed by atoms with Gasteiger partial charge in [0.15, 0.2) is 0 Å². The van der Waals surface area contributed by atoms with Gasteiger partial charge in [-0.25, -0.2) is 0 Å². The van der Waals surface area contributed by atoms with Crippen LogP contribution in [0.2, 0.25) is 0 Å². The van der Waals surface area contributed by atoms with Crippen molar-refractivity contribution in [3.63, 3.8) is 0 Å². The van der Waals surface area contributed by atoms with Crippen molar-refractivity contribution in [2.75, 3.05) is 0 Å². The van der Waals surface area contributed by atoms with E-state index in [9.17, 15) is 0 Å². The Bertz CT molecular complexity index is 925. The van der Waals surface area contributed by atoms with E-state index in [0.29, 0.717) is 0 Å². The summed E-state index contributed by atoms with van der Waals surface area (Å²) in [6, 6.07) is 0. The molecule has 39 heteroatoms. The van der Waals surface area contributed by atoms with E-state index in [1.807, 2.05) is 0 Å². The topological polar surface area (TPSA) is 562 Å². The van der Waals surface area contributed by atoms with Crippen molar-refractivity contribution in [3.05, 3.63) is 0 Å². The fourth-order valence-electron chi connectivity index (χ4n) is 0. The maximum Gasteiger partial charge on any atom is 5.00 e. The molecule has 0 spiro atoms. The summed E-state index contributed by atoms with van der Waals surface area (Å²) < 4.78 is 239. The standard InChI is InChI=1S/2Ca.7H2O4S.2V/c;;7*1-5(2,3)4;;/h;;7*(H2,1,2,3,4);;/q2*+2;;;;;;;;2*+5/p-14. The van der Waals surface area contributed by atoms with Gasteiger partial charge < -0.3 is 63.7 Å². The summed E-state index contributed by atoms with van der Waals surface area (Å²) in [5.74, 6) is 0. The van der Waals surface area contributed by atoms with Gasteiger partial charge in [0.2, 0.25) is 0 Å². The molecular formula is Ca2O28S7V2. The van der Waals surface area contributed by atoms with Crippen molar-refractivity contribution in [1.82, 2.24) is 0 Å². The first-order valence-electron chi connectivity index (χ1n) is 4.67. The molecule has 0 saturated heterocycles. The van der Waals surface area contributed by atoms with E-state index in [1.165, 1.54) is 0 Å². The van der Waals surface area contributed by atoms with E-state index in [4.69, 9.17) is 123 Å². The van der Waals surface area contributed by atoms with Crippen LogP contribution in [0.1, 0.15) is 0 Å². The Balaban J connectivity index is -0.0000000256. The molecule has 0 radical (unpaired) electrons. The van der Waals surface area contributed by atoms with Gasteiger partial charge in [-0.3, -0.25) is 58.9 Å². The van der Waals surface area contributed by atoms with Gasteiger partial charge in [-0.1, -0.05) is 0 Å². The molecule has 0 heterocycles. The third kappa shape index (κ3) is 7940. The fourth-order valence-corrected chi connectivity index (χ4v) is 0. The van der Waals surface area contributed by atoms with E-state index in [1.54, 1.807) is 0 Å². The van der Waals surface area contributed by atoms with Crippen LogP contribution < -0.4 is 0 Å². The van der Waals surface area contributed by atoms with Gasteiger partial charge in [0.05, 0.1) is 0 Å². The van der Waals surface area contributed by atoms with E-state index < -0.39 is 72.8 Å². The molecule has 0 aliphatic carbocycles. The zero-order valence-corrected chi connectivity index (χ0v) is 29.5. The van der Waals surface area contributed by atoms with Gasteiger partial charge in [0.1, 0.15) is 0 Å². The summed E-state index contributed by atoms with van der Waals surface area (Å²) >= 11 is 0. The van der Waals surface area contributed by atoms with Crippen molar-refractivity contribution in [1.29, 1.82) is 0 Å². The second-order valence-electron chi connectivity index (χ2n) is 2.86. The van der Waals surface area contributed by atoms with Crippen LogP contribution in [-0.2, 0) is 110 Å². The molecule has 0 N–H and O–H groups in total. The molecule has 0 rings (SSSR count). The number of rotatable bonds is 0. The quantitative estimate of drug-likeness (QED) is 0.124. The van der Waals surface area contributed by atoms with Crippen molar-refractivity contribution in [3.8, 4) is 0 Å². The molecular weight excluding hydrogens is 854 g/mol. The summed E-state index contributed by atoms with van der Waals surface area (Å²) in [6.45, 7) is 0. The Morgan fingerprint density at radius 2 is 0.205 bits per heavy atom. The summed E-state index contributed by atoms with van der Waals surface area (Å²) in [5, 5.41) is 0. The first-order valence-corrected chi connectivity index (χ1v) is 14.0. The van der Waals surface area contributed by atoms with E-state index in [0.717, 1.165) is 0 Å². The average Bonchev–Trinajstić information content (AvgIpc) is 2.06. The van der Waals surface area contributed by atoms with Crippen LogP contribution in [0.3, 0.4) is 0 Å². The van der Waals surface area contributed by atoms with Crippen LogP contribution in [0.4, 0.5) is 0 Å². The first-order chi connectivity index (χ1) is 14.0. The fraction of sp³-hybridized carbons (Fsp3) is 0. The SMILES string of the molecule is O=S(=O)([O-])[O-].O=S(=O)([O-])[O-].O=S(=O)([O-])[O-].O=S(=O)([O-])[O-].O=S(=O)([O-])[O-].O=S(=O)([O-])[O-].O=S(=O)([O-])[O-].[Ca+2].[Ca+2].[V+5].[V+5]. The Morgan fingerprint density at radius 3 is 0.205 bits per heavy atom. The molecule has 0 aromatic carbocycles. The number of hydrogen-bond acceptors (Lipinski definition) is 28. The maximum absolute atomic E-state index is 8.52. The minimum Gasteiger partial charge on any atom is -0.759 e. The Morgan fingerprint density at radius 1 is 0.205 bits per heavy atom. The zero-order chi connectivity index (χ0) is 31.5. The van der Waals surface area contributed by atoms with Crippen LogP contribution in [0.15, 0.2) is 0 Å². The van der Waals surface area contributed by atoms with Gasteiger partial charge in [0.25, 0.3) is 0 Å². The summed E-state index contributed by atoms with van der Waals surface area (Å²) in [6.07, 6.45) is 0. The molecule has 0 aromatic rings. The van der Waals surface area contributed by atoms with Gasteiger partial charge in [0, 0.05) is 72.8 Å². The van der Waals surface area contributed by atoms with Gasteiger partial charge >= 0.3 is 113 Å². The van der Waals surface area contributed by atoms with Crippen LogP contribution in [-0.4, -0.2) is 198 Å². The molecule has 224 valence electrons. The molecule has 0 aliphatic rings. The molecule has 0 bridgehead atoms. The van der Waals surface area contributed by atoms with Gasteiger partial charge in [-0.05, 0) is 0 Å². The van der Waals surface area contributed by atoms with Crippen LogP contribution >= 0.6 is 0 Å². The third-order valence-electron chi connectivity index (χ3n) is 0. The molecule has 0 fully saturated rings. The van der Waals surface area contributed by atoms with E-state index >= 15 is 0 Å². The predicted octanol–water partition coefficient (Wildman–Crippen LogP) is -10.1. The molecule has 28 nitrogen and oxygen atoms in total. The van der Waals surface area contributed by atoms with E-state index in [2.05, 4.69) is 0 Å². The third-order valence-corrected chi connectivity index (χ3v) is 0. The molecule has 0 atom stereocenters. The largest absolute Gasteiger partial charge is 5.00 e. The summed E-state index contributed by atoms with van der Waals surface area (Å²) in [5.41, 5.74) is 0. The molecule has 0 unspecified atom stereocenters. The second kappa shape index (κ2) is 32.2. The molecule has 39 heavy (non-hydrogen) atoms. The Kier molecular flexibility index (Phi) is 60.5. The van der Waals surface area contributed by atoms with E-state index in [-0.39, 0.29) is 113 Å². The van der Waals surface area contributed by atoms with Gasteiger partial charge in [-0.15, -0.1) is 0 Å². The van der Waals surface area contributed by atoms with Crippen LogP contribution in [0, 0.1) is 0 Å². The molecule has 0 aromatic heterocycles. The molecule has 0 amide bonds. The first kappa shape index (κ1) is 73.3. The average molecular weight is 854 g/mol. The predicted molar refractivity (Wildman–Crippen MR) is 84.8 cm³/mol. The van der Waals surface area contributed by atoms with Crippen LogP contribution in [0.5, 0.6) is 0 Å². The zero-order valence-electron chi connectivity index (χ0n) is 16.6. The van der Waals surface area contributed by atoms with Crippen molar-refractivity contribution < 1.29 is 160 Å². The maximum atomic E-state index is 8.52. The molecule has 0 saturated carbocycles. The smallest absolute Gasteiger partial charge is 0.759 e. The molecule has 0 aliphatic heterocycles. The minimum absolute atomic E-state index is 0. The van der Waals surface area contributed by atoms with Crippen molar-refractivity contribution in [2.45, 2.75) is 0 Å². The second-order valence-corrected chi connectivity index (χ2v) is 8.57. The van der Waals surface area contributed by atoms with Gasteiger partial charge in [-0.2, -0.15) is 0 Å². The Labute approximate surface area is 303 Å². The minimum atomic E-state index is -5.17. The monoisotopic (exact) mass is 853 g/mol.